The maximum atomic E-state index is 10.4. The van der Waals surface area contributed by atoms with Gasteiger partial charge in [0.15, 0.2) is 0 Å². The first kappa shape index (κ1) is 13.8. The number of nitrogens with zero attached hydrogens (tertiary/aromatic N) is 1. The van der Waals surface area contributed by atoms with E-state index < -0.39 is 5.97 Å². The third-order valence-electron chi connectivity index (χ3n) is 2.68. The fraction of sp³-hybridized carbons (Fsp3) is 0.125. The molecule has 0 bridgehead atoms. The summed E-state index contributed by atoms with van der Waals surface area (Å²) in [6.07, 6.45) is 4.07. The van der Waals surface area contributed by atoms with Crippen molar-refractivity contribution in [3.63, 3.8) is 0 Å². The van der Waals surface area contributed by atoms with Crippen LogP contribution in [0.5, 0.6) is 5.75 Å². The van der Waals surface area contributed by atoms with E-state index in [1.165, 1.54) is 11.6 Å². The Bertz CT molecular complexity index is 601. The van der Waals surface area contributed by atoms with Gasteiger partial charge in [0.2, 0.25) is 0 Å². The summed E-state index contributed by atoms with van der Waals surface area (Å²) in [4.78, 5) is 14.5. The second kappa shape index (κ2) is 6.52. The molecule has 0 aliphatic carbocycles. The molecule has 2 rings (SSSR count). The van der Waals surface area contributed by atoms with E-state index in [1.54, 1.807) is 18.3 Å². The van der Waals surface area contributed by atoms with Gasteiger partial charge in [-0.3, -0.25) is 4.98 Å². The molecule has 1 heterocycles. The molecule has 0 aliphatic rings. The Morgan fingerprint density at radius 1 is 1.25 bits per heavy atom. The number of aryl methyl sites for hydroxylation is 1. The van der Waals surface area contributed by atoms with Crippen molar-refractivity contribution in [3.8, 4) is 5.75 Å². The summed E-state index contributed by atoms with van der Waals surface area (Å²) in [6.45, 7) is 2.52. The molecule has 0 spiro atoms. The lowest BCUT2D eigenvalue weighted by molar-refractivity contribution is -0.131. The number of carboxylic acids is 1. The van der Waals surface area contributed by atoms with Crippen LogP contribution in [0.15, 0.2) is 48.7 Å². The average molecular weight is 269 g/mol. The van der Waals surface area contributed by atoms with Crippen molar-refractivity contribution in [1.82, 2.24) is 4.98 Å². The molecule has 1 aromatic heterocycles. The molecule has 0 aliphatic heterocycles. The molecule has 1 aromatic carbocycles. The SMILES string of the molecule is Cc1ccc(COc2ccc(C=CC(=O)O)nc2)cc1. The summed E-state index contributed by atoms with van der Waals surface area (Å²) in [5.74, 6) is -0.343. The molecule has 0 unspecified atom stereocenters. The van der Waals surface area contributed by atoms with Crippen LogP contribution in [-0.4, -0.2) is 16.1 Å². The Labute approximate surface area is 117 Å². The Morgan fingerprint density at radius 2 is 2.00 bits per heavy atom. The van der Waals surface area contributed by atoms with E-state index in [0.717, 1.165) is 11.6 Å². The highest BCUT2D eigenvalue weighted by atomic mass is 16.5. The normalized spacial score (nSPS) is 10.7. The van der Waals surface area contributed by atoms with E-state index in [-0.39, 0.29) is 0 Å². The van der Waals surface area contributed by atoms with Crippen LogP contribution in [0.2, 0.25) is 0 Å². The molecule has 0 radical (unpaired) electrons. The Kier molecular flexibility index (Phi) is 4.50. The van der Waals surface area contributed by atoms with E-state index in [9.17, 15) is 4.79 Å². The third kappa shape index (κ3) is 4.24. The largest absolute Gasteiger partial charge is 0.487 e. The standard InChI is InChI=1S/C16H15NO3/c1-12-2-4-13(5-3-12)11-20-15-8-6-14(17-10-15)7-9-16(18)19/h2-10H,11H2,1H3,(H,18,19). The summed E-state index contributed by atoms with van der Waals surface area (Å²) in [5, 5.41) is 8.52. The molecule has 0 fully saturated rings. The van der Waals surface area contributed by atoms with Gasteiger partial charge in [-0.1, -0.05) is 29.8 Å². The summed E-state index contributed by atoms with van der Waals surface area (Å²) < 4.78 is 5.61. The molecule has 1 N–H and O–H groups in total. The predicted octanol–water partition coefficient (Wildman–Crippen LogP) is 3.07. The van der Waals surface area contributed by atoms with Crippen LogP contribution < -0.4 is 4.74 Å². The first-order valence-electron chi connectivity index (χ1n) is 6.19. The third-order valence-corrected chi connectivity index (χ3v) is 2.68. The molecule has 0 saturated heterocycles. The molecule has 4 nitrogen and oxygen atoms in total. The Morgan fingerprint density at radius 3 is 2.60 bits per heavy atom. The maximum Gasteiger partial charge on any atom is 0.328 e. The number of aromatic nitrogens is 1. The zero-order valence-corrected chi connectivity index (χ0v) is 11.1. The Hall–Kier alpha value is -2.62. The Balaban J connectivity index is 1.93. The van der Waals surface area contributed by atoms with Gasteiger partial charge in [-0.05, 0) is 30.7 Å². The quantitative estimate of drug-likeness (QED) is 0.847. The number of carboxylic acid groups (broad SMARTS) is 1. The number of aliphatic carboxylic acids is 1. The minimum absolute atomic E-state index is 0.478. The zero-order valence-electron chi connectivity index (χ0n) is 11.1. The fourth-order valence-electron chi connectivity index (χ4n) is 1.58. The van der Waals surface area contributed by atoms with Gasteiger partial charge in [-0.2, -0.15) is 0 Å². The van der Waals surface area contributed by atoms with Crippen molar-refractivity contribution in [1.29, 1.82) is 0 Å². The molecule has 4 heteroatoms. The lowest BCUT2D eigenvalue weighted by Crippen LogP contribution is -1.96. The number of carbonyl (C=O) groups is 1. The second-order valence-electron chi connectivity index (χ2n) is 4.36. The summed E-state index contributed by atoms with van der Waals surface area (Å²) in [6, 6.07) is 11.6. The second-order valence-corrected chi connectivity index (χ2v) is 4.36. The molecular formula is C16H15NO3. The highest BCUT2D eigenvalue weighted by molar-refractivity contribution is 5.84. The van der Waals surface area contributed by atoms with Crippen molar-refractivity contribution in [2.24, 2.45) is 0 Å². The minimum Gasteiger partial charge on any atom is -0.487 e. The number of hydrogen-bond acceptors (Lipinski definition) is 3. The molecule has 0 amide bonds. The molecular weight excluding hydrogens is 254 g/mol. The minimum atomic E-state index is -0.994. The lowest BCUT2D eigenvalue weighted by atomic mass is 10.2. The predicted molar refractivity (Wildman–Crippen MR) is 76.4 cm³/mol. The average Bonchev–Trinajstić information content (AvgIpc) is 2.45. The fourth-order valence-corrected chi connectivity index (χ4v) is 1.58. The van der Waals surface area contributed by atoms with Gasteiger partial charge in [0, 0.05) is 6.08 Å². The lowest BCUT2D eigenvalue weighted by Gasteiger charge is -2.06. The number of pyridine rings is 1. The van der Waals surface area contributed by atoms with Crippen LogP contribution in [0.1, 0.15) is 16.8 Å². The zero-order chi connectivity index (χ0) is 14.4. The topological polar surface area (TPSA) is 59.4 Å². The number of benzene rings is 1. The van der Waals surface area contributed by atoms with E-state index in [1.807, 2.05) is 31.2 Å². The van der Waals surface area contributed by atoms with Crippen LogP contribution in [-0.2, 0) is 11.4 Å². The summed E-state index contributed by atoms with van der Waals surface area (Å²) in [5.41, 5.74) is 2.88. The first-order valence-corrected chi connectivity index (χ1v) is 6.19. The van der Waals surface area contributed by atoms with Crippen molar-refractivity contribution < 1.29 is 14.6 Å². The van der Waals surface area contributed by atoms with Crippen molar-refractivity contribution in [2.45, 2.75) is 13.5 Å². The van der Waals surface area contributed by atoms with E-state index >= 15 is 0 Å². The molecule has 2 aromatic rings. The van der Waals surface area contributed by atoms with Crippen LogP contribution in [0.3, 0.4) is 0 Å². The monoisotopic (exact) mass is 269 g/mol. The first-order chi connectivity index (χ1) is 9.63. The molecule has 102 valence electrons. The van der Waals surface area contributed by atoms with E-state index in [2.05, 4.69) is 4.98 Å². The van der Waals surface area contributed by atoms with Gasteiger partial charge in [-0.15, -0.1) is 0 Å². The van der Waals surface area contributed by atoms with Crippen molar-refractivity contribution in [3.05, 3.63) is 65.5 Å². The highest BCUT2D eigenvalue weighted by Gasteiger charge is 1.97. The number of ether oxygens (including phenoxy) is 1. The van der Waals surface area contributed by atoms with Crippen LogP contribution in [0, 0.1) is 6.92 Å². The highest BCUT2D eigenvalue weighted by Crippen LogP contribution is 2.13. The number of hydrogen-bond donors (Lipinski definition) is 1. The summed E-state index contributed by atoms with van der Waals surface area (Å²) >= 11 is 0. The number of rotatable bonds is 5. The van der Waals surface area contributed by atoms with Gasteiger partial charge in [0.05, 0.1) is 11.9 Å². The van der Waals surface area contributed by atoms with Crippen molar-refractivity contribution >= 4 is 12.0 Å². The van der Waals surface area contributed by atoms with Gasteiger partial charge in [-0.25, -0.2) is 4.79 Å². The van der Waals surface area contributed by atoms with Crippen LogP contribution in [0.4, 0.5) is 0 Å². The van der Waals surface area contributed by atoms with Gasteiger partial charge in [0.25, 0.3) is 0 Å². The van der Waals surface area contributed by atoms with Gasteiger partial charge < -0.3 is 9.84 Å². The maximum absolute atomic E-state index is 10.4. The smallest absolute Gasteiger partial charge is 0.328 e. The summed E-state index contributed by atoms with van der Waals surface area (Å²) in [7, 11) is 0. The van der Waals surface area contributed by atoms with Crippen molar-refractivity contribution in [2.75, 3.05) is 0 Å². The molecule has 0 atom stereocenters. The van der Waals surface area contributed by atoms with Crippen LogP contribution in [0.25, 0.3) is 6.08 Å². The van der Waals surface area contributed by atoms with Gasteiger partial charge in [0.1, 0.15) is 12.4 Å². The van der Waals surface area contributed by atoms with E-state index in [0.29, 0.717) is 18.1 Å². The molecule has 0 saturated carbocycles. The van der Waals surface area contributed by atoms with Gasteiger partial charge >= 0.3 is 5.97 Å². The van der Waals surface area contributed by atoms with E-state index in [4.69, 9.17) is 9.84 Å². The van der Waals surface area contributed by atoms with Crippen LogP contribution >= 0.6 is 0 Å². The molecule has 20 heavy (non-hydrogen) atoms.